The van der Waals surface area contributed by atoms with Crippen LogP contribution in [0.2, 0.25) is 0 Å². The molecule has 28 heavy (non-hydrogen) atoms. The summed E-state index contributed by atoms with van der Waals surface area (Å²) < 4.78 is 0. The number of para-hydroxylation sites is 1. The highest BCUT2D eigenvalue weighted by atomic mass is 32.2. The van der Waals surface area contributed by atoms with E-state index in [-0.39, 0.29) is 5.56 Å². The molecule has 4 aromatic rings. The van der Waals surface area contributed by atoms with Gasteiger partial charge in [-0.15, -0.1) is 11.8 Å². The number of nitrogens with one attached hydrogen (secondary N) is 1. The van der Waals surface area contributed by atoms with Crippen molar-refractivity contribution < 1.29 is 0 Å². The molecule has 0 radical (unpaired) electrons. The minimum atomic E-state index is -0.0144. The number of benzene rings is 3. The van der Waals surface area contributed by atoms with Crippen molar-refractivity contribution in [2.24, 2.45) is 0 Å². The SMILES string of the molecule is O=c1[nH]c2ccccc2c(-c2cccc(-c3ccccc3)c2)c1C1=CCCS1. The molecule has 2 heterocycles. The Bertz CT molecular complexity index is 1250. The lowest BCUT2D eigenvalue weighted by Crippen LogP contribution is -2.13. The third kappa shape index (κ3) is 2.98. The third-order valence-electron chi connectivity index (χ3n) is 5.13. The van der Waals surface area contributed by atoms with Gasteiger partial charge in [0.05, 0.1) is 5.56 Å². The zero-order valence-electron chi connectivity index (χ0n) is 15.3. The van der Waals surface area contributed by atoms with E-state index < -0.39 is 0 Å². The lowest BCUT2D eigenvalue weighted by molar-refractivity contribution is 1.27. The predicted molar refractivity (Wildman–Crippen MR) is 120 cm³/mol. The van der Waals surface area contributed by atoms with Gasteiger partial charge in [0.15, 0.2) is 0 Å². The smallest absolute Gasteiger partial charge is 0.257 e. The fourth-order valence-corrected chi connectivity index (χ4v) is 4.89. The van der Waals surface area contributed by atoms with E-state index in [1.165, 1.54) is 5.56 Å². The number of pyridine rings is 1. The van der Waals surface area contributed by atoms with Gasteiger partial charge in [-0.1, -0.05) is 72.8 Å². The molecule has 1 N–H and O–H groups in total. The van der Waals surface area contributed by atoms with Crippen molar-refractivity contribution in [3.05, 3.63) is 101 Å². The first-order valence-corrected chi connectivity index (χ1v) is 10.4. The summed E-state index contributed by atoms with van der Waals surface area (Å²) in [6.45, 7) is 0. The molecule has 0 amide bonds. The Balaban J connectivity index is 1.81. The van der Waals surface area contributed by atoms with E-state index >= 15 is 0 Å². The van der Waals surface area contributed by atoms with Gasteiger partial charge in [0.1, 0.15) is 0 Å². The van der Waals surface area contributed by atoms with Gasteiger partial charge in [-0.25, -0.2) is 0 Å². The molecule has 3 heteroatoms. The van der Waals surface area contributed by atoms with Crippen LogP contribution < -0.4 is 5.56 Å². The van der Waals surface area contributed by atoms with Crippen LogP contribution in [0.1, 0.15) is 12.0 Å². The van der Waals surface area contributed by atoms with Gasteiger partial charge in [0.25, 0.3) is 5.56 Å². The molecule has 3 aromatic carbocycles. The molecule has 1 aromatic heterocycles. The molecule has 2 nitrogen and oxygen atoms in total. The van der Waals surface area contributed by atoms with Crippen LogP contribution in [0.15, 0.2) is 89.7 Å². The van der Waals surface area contributed by atoms with Crippen molar-refractivity contribution in [3.63, 3.8) is 0 Å². The zero-order valence-corrected chi connectivity index (χ0v) is 16.1. The number of aromatic nitrogens is 1. The molecule has 0 saturated carbocycles. The van der Waals surface area contributed by atoms with E-state index in [0.717, 1.165) is 50.2 Å². The summed E-state index contributed by atoms with van der Waals surface area (Å²) in [6.07, 6.45) is 3.20. The summed E-state index contributed by atoms with van der Waals surface area (Å²) >= 11 is 1.77. The number of thioether (sulfide) groups is 1. The van der Waals surface area contributed by atoms with Gasteiger partial charge in [-0.05, 0) is 35.2 Å². The Hall–Kier alpha value is -3.04. The Morgan fingerprint density at radius 3 is 2.32 bits per heavy atom. The molecule has 1 aliphatic rings. The van der Waals surface area contributed by atoms with E-state index in [0.29, 0.717) is 0 Å². The summed E-state index contributed by atoms with van der Waals surface area (Å²) in [5, 5.41) is 1.08. The fourth-order valence-electron chi connectivity index (χ4n) is 3.85. The Kier molecular flexibility index (Phi) is 4.38. The number of aromatic amines is 1. The molecule has 136 valence electrons. The number of rotatable bonds is 3. The molecule has 0 atom stereocenters. The standard InChI is InChI=1S/C25H19NOS/c27-25-24(22-14-7-15-28-22)23(20-12-4-5-13-21(20)26-25)19-11-6-10-18(16-19)17-8-2-1-3-9-17/h1-6,8-14,16H,7,15H2,(H,26,27). The first-order chi connectivity index (χ1) is 13.8. The first kappa shape index (κ1) is 17.1. The zero-order chi connectivity index (χ0) is 18.9. The van der Waals surface area contributed by atoms with Crippen LogP contribution in [0, 0.1) is 0 Å². The van der Waals surface area contributed by atoms with Gasteiger partial charge < -0.3 is 4.98 Å². The number of hydrogen-bond donors (Lipinski definition) is 1. The lowest BCUT2D eigenvalue weighted by Gasteiger charge is -2.14. The highest BCUT2D eigenvalue weighted by molar-refractivity contribution is 8.08. The van der Waals surface area contributed by atoms with Crippen LogP contribution in [0.4, 0.5) is 0 Å². The van der Waals surface area contributed by atoms with Crippen molar-refractivity contribution >= 4 is 27.6 Å². The van der Waals surface area contributed by atoms with Crippen molar-refractivity contribution in [2.75, 3.05) is 5.75 Å². The minimum absolute atomic E-state index is 0.0144. The van der Waals surface area contributed by atoms with Crippen molar-refractivity contribution in [1.29, 1.82) is 0 Å². The summed E-state index contributed by atoms with van der Waals surface area (Å²) in [4.78, 5) is 17.2. The Morgan fingerprint density at radius 1 is 0.750 bits per heavy atom. The molecule has 0 unspecified atom stereocenters. The Labute approximate surface area is 167 Å². The van der Waals surface area contributed by atoms with Crippen molar-refractivity contribution in [1.82, 2.24) is 4.98 Å². The summed E-state index contributed by atoms with van der Waals surface area (Å²) in [5.41, 5.74) is 6.09. The van der Waals surface area contributed by atoms with Crippen LogP contribution in [0.3, 0.4) is 0 Å². The lowest BCUT2D eigenvalue weighted by atomic mass is 9.93. The second kappa shape index (κ2) is 7.17. The first-order valence-electron chi connectivity index (χ1n) is 9.45. The quantitative estimate of drug-likeness (QED) is 0.449. The van der Waals surface area contributed by atoms with Gasteiger partial charge in [-0.2, -0.15) is 0 Å². The maximum Gasteiger partial charge on any atom is 0.257 e. The number of hydrogen-bond acceptors (Lipinski definition) is 2. The molecular formula is C25H19NOS. The van der Waals surface area contributed by atoms with E-state index in [9.17, 15) is 4.79 Å². The fraction of sp³-hybridized carbons (Fsp3) is 0.0800. The van der Waals surface area contributed by atoms with Crippen LogP contribution in [0.25, 0.3) is 38.1 Å². The molecule has 0 bridgehead atoms. The van der Waals surface area contributed by atoms with Gasteiger partial charge in [-0.3, -0.25) is 4.79 Å². The molecular weight excluding hydrogens is 362 g/mol. The van der Waals surface area contributed by atoms with E-state index in [2.05, 4.69) is 65.7 Å². The Morgan fingerprint density at radius 2 is 1.50 bits per heavy atom. The molecule has 0 aliphatic carbocycles. The largest absolute Gasteiger partial charge is 0.321 e. The van der Waals surface area contributed by atoms with Crippen molar-refractivity contribution in [3.8, 4) is 22.3 Å². The number of allylic oxidation sites excluding steroid dienone is 1. The maximum absolute atomic E-state index is 13.1. The normalized spacial score (nSPS) is 13.6. The monoisotopic (exact) mass is 381 g/mol. The number of fused-ring (bicyclic) bond motifs is 1. The number of H-pyrrole nitrogens is 1. The van der Waals surface area contributed by atoms with E-state index in [1.54, 1.807) is 11.8 Å². The maximum atomic E-state index is 13.1. The molecule has 0 spiro atoms. The third-order valence-corrected chi connectivity index (χ3v) is 6.25. The minimum Gasteiger partial charge on any atom is -0.321 e. The molecule has 5 rings (SSSR count). The van der Waals surface area contributed by atoms with Crippen LogP contribution in [-0.2, 0) is 0 Å². The highest BCUT2D eigenvalue weighted by Gasteiger charge is 2.20. The summed E-state index contributed by atoms with van der Waals surface area (Å²) in [7, 11) is 0. The molecule has 1 aliphatic heterocycles. The average molecular weight is 382 g/mol. The predicted octanol–water partition coefficient (Wildman–Crippen LogP) is 6.34. The summed E-state index contributed by atoms with van der Waals surface area (Å²) in [6, 6.07) is 26.9. The highest BCUT2D eigenvalue weighted by Crippen LogP contribution is 2.40. The second-order valence-corrected chi connectivity index (χ2v) is 8.04. The van der Waals surface area contributed by atoms with Gasteiger partial charge >= 0.3 is 0 Å². The van der Waals surface area contributed by atoms with Gasteiger partial charge in [0, 0.05) is 27.1 Å². The van der Waals surface area contributed by atoms with Crippen LogP contribution in [0.5, 0.6) is 0 Å². The molecule has 0 saturated heterocycles. The van der Waals surface area contributed by atoms with Crippen molar-refractivity contribution in [2.45, 2.75) is 6.42 Å². The van der Waals surface area contributed by atoms with Gasteiger partial charge in [0.2, 0.25) is 0 Å². The topological polar surface area (TPSA) is 32.9 Å². The second-order valence-electron chi connectivity index (χ2n) is 6.90. The van der Waals surface area contributed by atoms with Crippen LogP contribution >= 0.6 is 11.8 Å². The van der Waals surface area contributed by atoms with E-state index in [1.807, 2.05) is 24.3 Å². The van der Waals surface area contributed by atoms with Crippen LogP contribution in [-0.4, -0.2) is 10.7 Å². The summed E-state index contributed by atoms with van der Waals surface area (Å²) in [5.74, 6) is 1.03. The average Bonchev–Trinajstić information content (AvgIpc) is 3.28. The molecule has 0 fully saturated rings. The van der Waals surface area contributed by atoms with E-state index in [4.69, 9.17) is 0 Å².